The van der Waals surface area contributed by atoms with Crippen molar-refractivity contribution in [1.29, 1.82) is 0 Å². The molecule has 0 saturated heterocycles. The van der Waals surface area contributed by atoms with Crippen LogP contribution in [0.5, 0.6) is 0 Å². The fourth-order valence-electron chi connectivity index (χ4n) is 1.29. The summed E-state index contributed by atoms with van der Waals surface area (Å²) < 4.78 is 9.27. The normalized spacial score (nSPS) is 10.3. The molecule has 0 bridgehead atoms. The van der Waals surface area contributed by atoms with Crippen molar-refractivity contribution in [3.8, 4) is 0 Å². The van der Waals surface area contributed by atoms with Gasteiger partial charge in [0.1, 0.15) is 0 Å². The molecule has 6 heteroatoms. The van der Waals surface area contributed by atoms with Gasteiger partial charge in [-0.3, -0.25) is 5.32 Å². The van der Waals surface area contributed by atoms with E-state index in [1.54, 1.807) is 25.1 Å². The maximum absolute atomic E-state index is 11.4. The zero-order valence-corrected chi connectivity index (χ0v) is 11.4. The third-order valence-electron chi connectivity index (χ3n) is 2.13. The van der Waals surface area contributed by atoms with E-state index in [1.165, 1.54) is 19.3 Å². The number of benzene rings is 1. The van der Waals surface area contributed by atoms with Crippen LogP contribution in [0.15, 0.2) is 24.3 Å². The van der Waals surface area contributed by atoms with E-state index in [-0.39, 0.29) is 6.61 Å². The maximum Gasteiger partial charge on any atom is 0.411 e. The van der Waals surface area contributed by atoms with Crippen LogP contribution in [-0.2, 0) is 14.3 Å². The molecule has 5 nitrogen and oxygen atoms in total. The number of esters is 1. The van der Waals surface area contributed by atoms with E-state index in [2.05, 4.69) is 10.1 Å². The summed E-state index contributed by atoms with van der Waals surface area (Å²) in [6, 6.07) is 4.88. The number of anilines is 1. The Morgan fingerprint density at radius 2 is 2.16 bits per heavy atom. The van der Waals surface area contributed by atoms with Gasteiger partial charge in [0.15, 0.2) is 0 Å². The van der Waals surface area contributed by atoms with Crippen molar-refractivity contribution in [2.75, 3.05) is 19.0 Å². The number of carbonyl (C=O) groups is 2. The van der Waals surface area contributed by atoms with Crippen LogP contribution in [0.2, 0.25) is 5.02 Å². The number of amides is 1. The Morgan fingerprint density at radius 1 is 1.42 bits per heavy atom. The van der Waals surface area contributed by atoms with Gasteiger partial charge in [0, 0.05) is 11.1 Å². The third-order valence-corrected chi connectivity index (χ3v) is 2.36. The highest BCUT2D eigenvalue weighted by atomic mass is 35.5. The van der Waals surface area contributed by atoms with Gasteiger partial charge in [0.25, 0.3) is 0 Å². The lowest BCUT2D eigenvalue weighted by atomic mass is 10.1. The van der Waals surface area contributed by atoms with Gasteiger partial charge in [-0.05, 0) is 30.7 Å². The van der Waals surface area contributed by atoms with Crippen LogP contribution >= 0.6 is 11.6 Å². The van der Waals surface area contributed by atoms with E-state index in [0.29, 0.717) is 16.3 Å². The monoisotopic (exact) mass is 283 g/mol. The van der Waals surface area contributed by atoms with Crippen molar-refractivity contribution < 1.29 is 19.1 Å². The van der Waals surface area contributed by atoms with Crippen LogP contribution in [0.1, 0.15) is 12.5 Å². The summed E-state index contributed by atoms with van der Waals surface area (Å²) >= 11 is 5.86. The summed E-state index contributed by atoms with van der Waals surface area (Å²) in [7, 11) is 1.28. The summed E-state index contributed by atoms with van der Waals surface area (Å²) in [5, 5.41) is 3.01. The minimum Gasteiger partial charge on any atom is -0.466 e. The largest absolute Gasteiger partial charge is 0.466 e. The van der Waals surface area contributed by atoms with Gasteiger partial charge >= 0.3 is 12.1 Å². The first kappa shape index (κ1) is 15.0. The molecule has 1 rings (SSSR count). The minimum absolute atomic E-state index is 0.264. The Kier molecular flexibility index (Phi) is 5.89. The number of nitrogens with one attached hydrogen (secondary N) is 1. The Labute approximate surface area is 116 Å². The fourth-order valence-corrected chi connectivity index (χ4v) is 1.46. The first-order valence-electron chi connectivity index (χ1n) is 5.56. The average Bonchev–Trinajstić information content (AvgIpc) is 2.37. The molecule has 0 heterocycles. The highest BCUT2D eigenvalue weighted by Crippen LogP contribution is 2.22. The second kappa shape index (κ2) is 7.43. The Hall–Kier alpha value is -2.01. The van der Waals surface area contributed by atoms with E-state index in [1.807, 2.05) is 0 Å². The molecule has 0 saturated carbocycles. The van der Waals surface area contributed by atoms with Crippen molar-refractivity contribution in [2.45, 2.75) is 6.92 Å². The third kappa shape index (κ3) is 5.01. The average molecular weight is 284 g/mol. The standard InChI is InChI=1S/C13H14ClNO4/c1-3-19-13(17)15-11-8-10(14)6-4-9(11)5-7-12(16)18-2/h4-8H,3H2,1-2H3,(H,15,17). The number of hydrogen-bond acceptors (Lipinski definition) is 4. The summed E-state index contributed by atoms with van der Waals surface area (Å²) in [4.78, 5) is 22.4. The minimum atomic E-state index is -0.586. The SMILES string of the molecule is CCOC(=O)Nc1cc(Cl)ccc1C=CC(=O)OC. The smallest absolute Gasteiger partial charge is 0.411 e. The second-order valence-corrected chi connectivity index (χ2v) is 3.87. The van der Waals surface area contributed by atoms with Crippen LogP contribution in [-0.4, -0.2) is 25.8 Å². The van der Waals surface area contributed by atoms with Crippen LogP contribution in [0.3, 0.4) is 0 Å². The predicted octanol–water partition coefficient (Wildman–Crippen LogP) is 3.09. The molecule has 1 aromatic rings. The summed E-state index contributed by atoms with van der Waals surface area (Å²) in [6.07, 6.45) is 2.18. The van der Waals surface area contributed by atoms with E-state index in [9.17, 15) is 9.59 Å². The Balaban J connectivity index is 2.94. The molecule has 0 unspecified atom stereocenters. The van der Waals surface area contributed by atoms with Crippen molar-refractivity contribution >= 4 is 35.4 Å². The Bertz CT molecular complexity index is 499. The molecule has 102 valence electrons. The molecule has 0 atom stereocenters. The lowest BCUT2D eigenvalue weighted by Crippen LogP contribution is -2.14. The molecule has 0 fully saturated rings. The molecule has 0 spiro atoms. The van der Waals surface area contributed by atoms with Crippen molar-refractivity contribution in [2.24, 2.45) is 0 Å². The number of rotatable bonds is 4. The van der Waals surface area contributed by atoms with Crippen LogP contribution in [0.25, 0.3) is 6.08 Å². The summed E-state index contributed by atoms with van der Waals surface area (Å²) in [5.74, 6) is -0.489. The predicted molar refractivity (Wildman–Crippen MR) is 73.1 cm³/mol. The molecule has 0 aliphatic heterocycles. The number of hydrogen-bond donors (Lipinski definition) is 1. The van der Waals surface area contributed by atoms with Gasteiger partial charge < -0.3 is 9.47 Å². The molecule has 1 N–H and O–H groups in total. The molecule has 0 aliphatic rings. The van der Waals surface area contributed by atoms with Crippen molar-refractivity contribution in [3.63, 3.8) is 0 Å². The number of carbonyl (C=O) groups excluding carboxylic acids is 2. The van der Waals surface area contributed by atoms with E-state index in [4.69, 9.17) is 16.3 Å². The number of methoxy groups -OCH3 is 1. The molecule has 0 aliphatic carbocycles. The summed E-state index contributed by atoms with van der Waals surface area (Å²) in [6.45, 7) is 1.97. The maximum atomic E-state index is 11.4. The lowest BCUT2D eigenvalue weighted by Gasteiger charge is -2.08. The lowest BCUT2D eigenvalue weighted by molar-refractivity contribution is -0.134. The fraction of sp³-hybridized carbons (Fsp3) is 0.231. The van der Waals surface area contributed by atoms with Gasteiger partial charge in [-0.1, -0.05) is 17.7 Å². The highest BCUT2D eigenvalue weighted by molar-refractivity contribution is 6.31. The summed E-state index contributed by atoms with van der Waals surface area (Å²) in [5.41, 5.74) is 1.06. The van der Waals surface area contributed by atoms with Crippen LogP contribution in [0.4, 0.5) is 10.5 Å². The van der Waals surface area contributed by atoms with E-state index < -0.39 is 12.1 Å². The van der Waals surface area contributed by atoms with Crippen LogP contribution < -0.4 is 5.32 Å². The first-order valence-corrected chi connectivity index (χ1v) is 5.94. The molecule has 0 aromatic heterocycles. The first-order chi connectivity index (χ1) is 9.06. The van der Waals surface area contributed by atoms with E-state index >= 15 is 0 Å². The zero-order valence-electron chi connectivity index (χ0n) is 10.6. The topological polar surface area (TPSA) is 64.6 Å². The molecule has 0 radical (unpaired) electrons. The van der Waals surface area contributed by atoms with Gasteiger partial charge in [0.05, 0.1) is 19.4 Å². The van der Waals surface area contributed by atoms with Crippen LogP contribution in [0, 0.1) is 0 Å². The highest BCUT2D eigenvalue weighted by Gasteiger charge is 2.07. The van der Waals surface area contributed by atoms with Crippen molar-refractivity contribution in [1.82, 2.24) is 0 Å². The second-order valence-electron chi connectivity index (χ2n) is 3.43. The molecule has 1 aromatic carbocycles. The van der Waals surface area contributed by atoms with Gasteiger partial charge in [0.2, 0.25) is 0 Å². The van der Waals surface area contributed by atoms with Gasteiger partial charge in [-0.2, -0.15) is 0 Å². The zero-order chi connectivity index (χ0) is 14.3. The van der Waals surface area contributed by atoms with E-state index in [0.717, 1.165) is 0 Å². The van der Waals surface area contributed by atoms with Gasteiger partial charge in [-0.15, -0.1) is 0 Å². The van der Waals surface area contributed by atoms with Gasteiger partial charge in [-0.25, -0.2) is 9.59 Å². The Morgan fingerprint density at radius 3 is 2.79 bits per heavy atom. The molecular formula is C13H14ClNO4. The quantitative estimate of drug-likeness (QED) is 0.681. The number of ether oxygens (including phenoxy) is 2. The molecule has 19 heavy (non-hydrogen) atoms. The van der Waals surface area contributed by atoms with Crippen molar-refractivity contribution in [3.05, 3.63) is 34.9 Å². The molecule has 1 amide bonds. The number of halogens is 1. The molecular weight excluding hydrogens is 270 g/mol.